The molecule has 1 aromatic heterocycles. The average molecular weight is 118 g/mol. The molecule has 0 aliphatic carbocycles. The van der Waals surface area contributed by atoms with Crippen LogP contribution in [0.25, 0.3) is 0 Å². The molecule has 31 valence electrons. The van der Waals surface area contributed by atoms with Crippen molar-refractivity contribution in [3.63, 3.8) is 0 Å². The van der Waals surface area contributed by atoms with E-state index in [2.05, 4.69) is 6.07 Å². The third-order valence-electron chi connectivity index (χ3n) is 0.436. The van der Waals surface area contributed by atoms with E-state index in [9.17, 15) is 0 Å². The van der Waals surface area contributed by atoms with Gasteiger partial charge in [-0.1, -0.05) is 11.6 Å². The molecule has 1 aromatic rings. The standard InChI is InChI=1S/C4H2ClS/c5-4-2-1-3-6-4/h1,3H. The van der Waals surface area contributed by atoms with Crippen LogP contribution in [0, 0.1) is 6.07 Å². The van der Waals surface area contributed by atoms with E-state index in [1.807, 2.05) is 5.38 Å². The molecular weight excluding hydrogens is 116 g/mol. The maximum atomic E-state index is 5.42. The second-order valence-electron chi connectivity index (χ2n) is 0.839. The van der Waals surface area contributed by atoms with Crippen molar-refractivity contribution >= 4 is 22.9 Å². The monoisotopic (exact) mass is 117 g/mol. The molecule has 0 unspecified atom stereocenters. The number of hydrogen-bond acceptors (Lipinski definition) is 1. The minimum Gasteiger partial charge on any atom is -0.131 e. The van der Waals surface area contributed by atoms with Crippen LogP contribution in [-0.2, 0) is 0 Å². The van der Waals surface area contributed by atoms with E-state index in [0.29, 0.717) is 0 Å². The summed E-state index contributed by atoms with van der Waals surface area (Å²) in [4.78, 5) is 0. The first-order valence-electron chi connectivity index (χ1n) is 1.50. The average Bonchev–Trinajstić information content (AvgIpc) is 1.86. The molecule has 0 fully saturated rings. The molecular formula is C4H2ClS. The van der Waals surface area contributed by atoms with Crippen LogP contribution in [0.15, 0.2) is 11.4 Å². The molecule has 0 nitrogen and oxygen atoms in total. The van der Waals surface area contributed by atoms with Gasteiger partial charge in [-0.05, 0) is 11.4 Å². The summed E-state index contributed by atoms with van der Waals surface area (Å²) in [6.07, 6.45) is 0. The predicted octanol–water partition coefficient (Wildman–Crippen LogP) is 2.20. The van der Waals surface area contributed by atoms with Crippen molar-refractivity contribution in [1.82, 2.24) is 0 Å². The Kier molecular flexibility index (Phi) is 1.13. The minimum absolute atomic E-state index is 0.731. The lowest BCUT2D eigenvalue weighted by atomic mass is 10.7. The summed E-state index contributed by atoms with van der Waals surface area (Å²) >= 11 is 6.91. The zero-order valence-electron chi connectivity index (χ0n) is 2.94. The molecule has 0 aliphatic rings. The Balaban J connectivity index is 3.05. The Morgan fingerprint density at radius 2 is 2.67 bits per heavy atom. The van der Waals surface area contributed by atoms with Crippen LogP contribution in [-0.4, -0.2) is 0 Å². The zero-order valence-corrected chi connectivity index (χ0v) is 4.51. The van der Waals surface area contributed by atoms with Gasteiger partial charge < -0.3 is 0 Å². The van der Waals surface area contributed by atoms with E-state index in [4.69, 9.17) is 11.6 Å². The first kappa shape index (κ1) is 4.16. The van der Waals surface area contributed by atoms with Crippen molar-refractivity contribution < 1.29 is 0 Å². The number of thiophene rings is 1. The summed E-state index contributed by atoms with van der Waals surface area (Å²) < 4.78 is 0.731. The lowest BCUT2D eigenvalue weighted by Crippen LogP contribution is -1.31. The van der Waals surface area contributed by atoms with Crippen LogP contribution >= 0.6 is 22.9 Å². The Labute approximate surface area is 45.4 Å². The highest BCUT2D eigenvalue weighted by Gasteiger charge is 1.79. The second-order valence-corrected chi connectivity index (χ2v) is 2.36. The van der Waals surface area contributed by atoms with E-state index in [-0.39, 0.29) is 0 Å². The van der Waals surface area contributed by atoms with Crippen LogP contribution in [0.5, 0.6) is 0 Å². The molecule has 0 spiro atoms. The largest absolute Gasteiger partial charge is 0.131 e. The molecule has 0 atom stereocenters. The fourth-order valence-corrected chi connectivity index (χ4v) is 0.836. The molecule has 0 N–H and O–H groups in total. The van der Waals surface area contributed by atoms with Crippen LogP contribution < -0.4 is 0 Å². The normalized spacial score (nSPS) is 8.83. The third-order valence-corrected chi connectivity index (χ3v) is 1.41. The maximum Gasteiger partial charge on any atom is 0.101 e. The van der Waals surface area contributed by atoms with Gasteiger partial charge in [0.1, 0.15) is 4.34 Å². The Bertz CT molecular complexity index is 111. The van der Waals surface area contributed by atoms with Gasteiger partial charge in [0.25, 0.3) is 0 Å². The minimum atomic E-state index is 0.731. The molecule has 2 heteroatoms. The van der Waals surface area contributed by atoms with Gasteiger partial charge in [-0.2, -0.15) is 0 Å². The van der Waals surface area contributed by atoms with E-state index in [1.54, 1.807) is 6.07 Å². The molecule has 0 saturated carbocycles. The van der Waals surface area contributed by atoms with Crippen LogP contribution in [0.3, 0.4) is 0 Å². The van der Waals surface area contributed by atoms with Gasteiger partial charge in [0.15, 0.2) is 0 Å². The molecule has 0 aromatic carbocycles. The molecule has 0 saturated heterocycles. The number of hydrogen-bond donors (Lipinski definition) is 0. The SMILES string of the molecule is Clc1[c]ccs1. The van der Waals surface area contributed by atoms with Gasteiger partial charge in [-0.25, -0.2) is 0 Å². The Morgan fingerprint density at radius 1 is 1.83 bits per heavy atom. The lowest BCUT2D eigenvalue weighted by molar-refractivity contribution is 1.98. The Morgan fingerprint density at radius 3 is 2.83 bits per heavy atom. The highest BCUT2D eigenvalue weighted by atomic mass is 35.5. The van der Waals surface area contributed by atoms with E-state index < -0.39 is 0 Å². The first-order valence-corrected chi connectivity index (χ1v) is 2.76. The Hall–Kier alpha value is -0.0100. The van der Waals surface area contributed by atoms with Gasteiger partial charge >= 0.3 is 0 Å². The second kappa shape index (κ2) is 1.63. The molecule has 0 bridgehead atoms. The van der Waals surface area contributed by atoms with Crippen molar-refractivity contribution in [3.05, 3.63) is 21.8 Å². The van der Waals surface area contributed by atoms with Gasteiger partial charge in [0.05, 0.1) is 0 Å². The summed E-state index contributed by atoms with van der Waals surface area (Å²) in [6, 6.07) is 4.58. The molecule has 1 radical (unpaired) electrons. The van der Waals surface area contributed by atoms with Crippen LogP contribution in [0.2, 0.25) is 4.34 Å². The summed E-state index contributed by atoms with van der Waals surface area (Å²) in [5.41, 5.74) is 0. The van der Waals surface area contributed by atoms with Crippen LogP contribution in [0.1, 0.15) is 0 Å². The maximum absolute atomic E-state index is 5.42. The van der Waals surface area contributed by atoms with E-state index in [0.717, 1.165) is 4.34 Å². The molecule has 1 heterocycles. The summed E-state index contributed by atoms with van der Waals surface area (Å²) in [6.45, 7) is 0. The van der Waals surface area contributed by atoms with Crippen LogP contribution in [0.4, 0.5) is 0 Å². The fourth-order valence-electron chi connectivity index (χ4n) is 0.227. The van der Waals surface area contributed by atoms with Gasteiger partial charge in [0, 0.05) is 6.07 Å². The predicted molar refractivity (Wildman–Crippen MR) is 28.2 cm³/mol. The van der Waals surface area contributed by atoms with Crippen molar-refractivity contribution in [1.29, 1.82) is 0 Å². The molecule has 1 rings (SSSR count). The molecule has 6 heavy (non-hydrogen) atoms. The summed E-state index contributed by atoms with van der Waals surface area (Å²) in [7, 11) is 0. The smallest absolute Gasteiger partial charge is 0.101 e. The summed E-state index contributed by atoms with van der Waals surface area (Å²) in [5.74, 6) is 0. The topological polar surface area (TPSA) is 0 Å². The van der Waals surface area contributed by atoms with Crippen molar-refractivity contribution in [3.8, 4) is 0 Å². The highest BCUT2D eigenvalue weighted by Crippen LogP contribution is 2.12. The van der Waals surface area contributed by atoms with E-state index >= 15 is 0 Å². The highest BCUT2D eigenvalue weighted by molar-refractivity contribution is 7.14. The third kappa shape index (κ3) is 0.730. The lowest BCUT2D eigenvalue weighted by Gasteiger charge is -1.61. The van der Waals surface area contributed by atoms with Crippen molar-refractivity contribution in [2.45, 2.75) is 0 Å². The van der Waals surface area contributed by atoms with Crippen molar-refractivity contribution in [2.75, 3.05) is 0 Å². The fraction of sp³-hybridized carbons (Fsp3) is 0. The molecule has 0 aliphatic heterocycles. The van der Waals surface area contributed by atoms with Crippen molar-refractivity contribution in [2.24, 2.45) is 0 Å². The quantitative estimate of drug-likeness (QED) is 0.489. The first-order chi connectivity index (χ1) is 2.89. The van der Waals surface area contributed by atoms with Gasteiger partial charge in [0.2, 0.25) is 0 Å². The van der Waals surface area contributed by atoms with Gasteiger partial charge in [-0.3, -0.25) is 0 Å². The van der Waals surface area contributed by atoms with Gasteiger partial charge in [-0.15, -0.1) is 11.3 Å². The number of rotatable bonds is 0. The molecule has 0 amide bonds. The zero-order chi connectivity index (χ0) is 4.41. The van der Waals surface area contributed by atoms with E-state index in [1.165, 1.54) is 11.3 Å². The summed E-state index contributed by atoms with van der Waals surface area (Å²) in [5, 5.41) is 1.89. The number of halogens is 1.